The number of amides is 1. The molecule has 6 nitrogen and oxygen atoms in total. The quantitative estimate of drug-likeness (QED) is 0.774. The largest absolute Gasteiger partial charge is 0.497 e. The van der Waals surface area contributed by atoms with E-state index in [0.717, 1.165) is 35.4 Å². The molecule has 2 atom stereocenters. The molecule has 1 aliphatic heterocycles. The van der Waals surface area contributed by atoms with Crippen molar-refractivity contribution in [3.63, 3.8) is 0 Å². The molecule has 0 bridgehead atoms. The zero-order valence-electron chi connectivity index (χ0n) is 15.8. The second kappa shape index (κ2) is 7.47. The Hall–Kier alpha value is -2.54. The first kappa shape index (κ1) is 18.8. The van der Waals surface area contributed by atoms with E-state index >= 15 is 0 Å². The monoisotopic (exact) mass is 400 g/mol. The number of hydrogen-bond donors (Lipinski definition) is 1. The number of para-hydroxylation sites is 1. The minimum Gasteiger partial charge on any atom is -0.497 e. The Labute approximate surface area is 165 Å². The molecular weight excluding hydrogens is 376 g/mol. The first-order valence-corrected chi connectivity index (χ1v) is 11.1. The standard InChI is InChI=1S/C21H24N2O4S/c1-27-17-7-4-6-16(13-17)18-14-19(18)21(24)22-10-12-28(25,26)23-11-9-15-5-2-3-8-20(15)23/h2-8,13,18-19H,9-12,14H2,1H3,(H,22,24). The van der Waals surface area contributed by atoms with Gasteiger partial charge in [0.25, 0.3) is 0 Å². The van der Waals surface area contributed by atoms with E-state index in [1.165, 1.54) is 4.31 Å². The van der Waals surface area contributed by atoms with Gasteiger partial charge in [-0.25, -0.2) is 8.42 Å². The second-order valence-electron chi connectivity index (χ2n) is 7.28. The number of fused-ring (bicyclic) bond motifs is 1. The number of benzene rings is 2. The number of carbonyl (C=O) groups excluding carboxylic acids is 1. The van der Waals surface area contributed by atoms with Crippen LogP contribution in [-0.4, -0.2) is 40.3 Å². The van der Waals surface area contributed by atoms with Crippen LogP contribution >= 0.6 is 0 Å². The van der Waals surface area contributed by atoms with Gasteiger partial charge in [0.15, 0.2) is 0 Å². The molecule has 0 saturated heterocycles. The van der Waals surface area contributed by atoms with Crippen molar-refractivity contribution in [1.82, 2.24) is 5.32 Å². The van der Waals surface area contributed by atoms with Crippen molar-refractivity contribution in [1.29, 1.82) is 0 Å². The summed E-state index contributed by atoms with van der Waals surface area (Å²) >= 11 is 0. The van der Waals surface area contributed by atoms with Gasteiger partial charge in [0.1, 0.15) is 5.75 Å². The van der Waals surface area contributed by atoms with Gasteiger partial charge in [-0.05, 0) is 48.1 Å². The summed E-state index contributed by atoms with van der Waals surface area (Å²) in [6, 6.07) is 15.3. The smallest absolute Gasteiger partial charge is 0.236 e. The van der Waals surface area contributed by atoms with Crippen molar-refractivity contribution in [2.24, 2.45) is 5.92 Å². The number of nitrogens with one attached hydrogen (secondary N) is 1. The van der Waals surface area contributed by atoms with Crippen LogP contribution in [0.15, 0.2) is 48.5 Å². The maximum atomic E-state index is 12.7. The van der Waals surface area contributed by atoms with Crippen LogP contribution in [-0.2, 0) is 21.2 Å². The summed E-state index contributed by atoms with van der Waals surface area (Å²) in [4.78, 5) is 12.4. The van der Waals surface area contributed by atoms with Gasteiger partial charge in [0.05, 0.1) is 18.6 Å². The Morgan fingerprint density at radius 2 is 2.04 bits per heavy atom. The van der Waals surface area contributed by atoms with E-state index in [0.29, 0.717) is 6.54 Å². The van der Waals surface area contributed by atoms with E-state index < -0.39 is 10.0 Å². The molecule has 1 heterocycles. The summed E-state index contributed by atoms with van der Waals surface area (Å²) in [6.07, 6.45) is 1.51. The molecule has 2 aromatic rings. The van der Waals surface area contributed by atoms with Gasteiger partial charge >= 0.3 is 0 Å². The molecule has 2 aliphatic rings. The minimum atomic E-state index is -3.45. The third-order valence-corrected chi connectivity index (χ3v) is 7.26. The van der Waals surface area contributed by atoms with Crippen molar-refractivity contribution in [2.45, 2.75) is 18.8 Å². The Kier molecular flexibility index (Phi) is 5.02. The maximum Gasteiger partial charge on any atom is 0.236 e. The topological polar surface area (TPSA) is 75.7 Å². The number of methoxy groups -OCH3 is 1. The van der Waals surface area contributed by atoms with Gasteiger partial charge in [0, 0.05) is 19.0 Å². The highest BCUT2D eigenvalue weighted by atomic mass is 32.2. The molecule has 0 spiro atoms. The van der Waals surface area contributed by atoms with Gasteiger partial charge in [-0.3, -0.25) is 9.10 Å². The zero-order valence-corrected chi connectivity index (χ0v) is 16.6. The lowest BCUT2D eigenvalue weighted by atomic mass is 10.1. The number of anilines is 1. The molecule has 7 heteroatoms. The van der Waals surface area contributed by atoms with Crippen LogP contribution in [0.5, 0.6) is 5.75 Å². The molecule has 1 fully saturated rings. The van der Waals surface area contributed by atoms with Gasteiger partial charge in [-0.1, -0.05) is 30.3 Å². The van der Waals surface area contributed by atoms with Crippen molar-refractivity contribution < 1.29 is 17.9 Å². The highest BCUT2D eigenvalue weighted by Gasteiger charge is 2.44. The normalized spacial score (nSPS) is 20.5. The molecule has 2 aromatic carbocycles. The van der Waals surface area contributed by atoms with Crippen LogP contribution in [0.3, 0.4) is 0 Å². The summed E-state index contributed by atoms with van der Waals surface area (Å²) in [5, 5.41) is 2.80. The third-order valence-electron chi connectivity index (χ3n) is 5.49. The average Bonchev–Trinajstić information content (AvgIpc) is 3.39. The molecular formula is C21H24N2O4S. The summed E-state index contributed by atoms with van der Waals surface area (Å²) in [5.41, 5.74) is 2.89. The number of rotatable bonds is 7. The predicted molar refractivity (Wildman–Crippen MR) is 108 cm³/mol. The highest BCUT2D eigenvalue weighted by molar-refractivity contribution is 7.92. The van der Waals surface area contributed by atoms with E-state index in [-0.39, 0.29) is 30.0 Å². The Balaban J connectivity index is 1.30. The van der Waals surface area contributed by atoms with Crippen molar-refractivity contribution in [2.75, 3.05) is 30.3 Å². The summed E-state index contributed by atoms with van der Waals surface area (Å²) in [7, 11) is -1.83. The average molecular weight is 401 g/mol. The van der Waals surface area contributed by atoms with Crippen LogP contribution in [0.2, 0.25) is 0 Å². The molecule has 2 unspecified atom stereocenters. The minimum absolute atomic E-state index is 0.0789. The van der Waals surface area contributed by atoms with Crippen molar-refractivity contribution in [3.8, 4) is 5.75 Å². The fourth-order valence-electron chi connectivity index (χ4n) is 3.87. The first-order valence-electron chi connectivity index (χ1n) is 9.49. The number of carbonyl (C=O) groups is 1. The van der Waals surface area contributed by atoms with Gasteiger partial charge < -0.3 is 10.1 Å². The fraction of sp³-hybridized carbons (Fsp3) is 0.381. The van der Waals surface area contributed by atoms with Crippen LogP contribution in [0.1, 0.15) is 23.5 Å². The first-order chi connectivity index (χ1) is 13.5. The molecule has 0 radical (unpaired) electrons. The van der Waals surface area contributed by atoms with Gasteiger partial charge in [0.2, 0.25) is 15.9 Å². The molecule has 4 rings (SSSR count). The molecule has 1 aliphatic carbocycles. The van der Waals surface area contributed by atoms with E-state index in [1.54, 1.807) is 7.11 Å². The number of ether oxygens (including phenoxy) is 1. The molecule has 148 valence electrons. The van der Waals surface area contributed by atoms with E-state index in [9.17, 15) is 13.2 Å². The van der Waals surface area contributed by atoms with Gasteiger partial charge in [-0.2, -0.15) is 0 Å². The number of nitrogens with zero attached hydrogens (tertiary/aromatic N) is 1. The summed E-state index contributed by atoms with van der Waals surface area (Å²) < 4.78 is 32.1. The zero-order chi connectivity index (χ0) is 19.7. The molecule has 1 saturated carbocycles. The van der Waals surface area contributed by atoms with E-state index in [2.05, 4.69) is 5.32 Å². The number of hydrogen-bond acceptors (Lipinski definition) is 4. The Bertz CT molecular complexity index is 989. The lowest BCUT2D eigenvalue weighted by molar-refractivity contribution is -0.122. The van der Waals surface area contributed by atoms with Gasteiger partial charge in [-0.15, -0.1) is 0 Å². The Morgan fingerprint density at radius 3 is 2.86 bits per heavy atom. The summed E-state index contributed by atoms with van der Waals surface area (Å²) in [6.45, 7) is 0.595. The van der Waals surface area contributed by atoms with Crippen LogP contribution in [0.4, 0.5) is 5.69 Å². The van der Waals surface area contributed by atoms with E-state index in [4.69, 9.17) is 4.74 Å². The van der Waals surface area contributed by atoms with Crippen molar-refractivity contribution in [3.05, 3.63) is 59.7 Å². The summed E-state index contributed by atoms with van der Waals surface area (Å²) in [5.74, 6) is 0.689. The molecule has 0 aromatic heterocycles. The lowest BCUT2D eigenvalue weighted by Crippen LogP contribution is -2.37. The maximum absolute atomic E-state index is 12.7. The molecule has 1 N–H and O–H groups in total. The fourth-order valence-corrected chi connectivity index (χ4v) is 5.29. The lowest BCUT2D eigenvalue weighted by Gasteiger charge is -2.19. The molecule has 28 heavy (non-hydrogen) atoms. The predicted octanol–water partition coefficient (Wildman–Crippen LogP) is 2.31. The number of sulfonamides is 1. The van der Waals surface area contributed by atoms with Crippen LogP contribution in [0, 0.1) is 5.92 Å². The highest BCUT2D eigenvalue weighted by Crippen LogP contribution is 2.48. The van der Waals surface area contributed by atoms with Crippen LogP contribution in [0.25, 0.3) is 0 Å². The Morgan fingerprint density at radius 1 is 1.21 bits per heavy atom. The SMILES string of the molecule is COc1cccc(C2CC2C(=O)NCCS(=O)(=O)N2CCc3ccccc32)c1. The third kappa shape index (κ3) is 3.71. The molecule has 1 amide bonds. The van der Waals surface area contributed by atoms with Crippen LogP contribution < -0.4 is 14.4 Å². The van der Waals surface area contributed by atoms with Crippen molar-refractivity contribution >= 4 is 21.6 Å². The second-order valence-corrected chi connectivity index (χ2v) is 9.30. The van der Waals surface area contributed by atoms with E-state index in [1.807, 2.05) is 48.5 Å².